The average molecular weight is 441 g/mol. The molecule has 3 aromatic rings. The van der Waals surface area contributed by atoms with Crippen LogP contribution < -0.4 is 0 Å². The number of imide groups is 1. The van der Waals surface area contributed by atoms with E-state index in [9.17, 15) is 19.7 Å². The Hall–Kier alpha value is -3.36. The van der Waals surface area contributed by atoms with E-state index in [0.29, 0.717) is 22.1 Å². The van der Waals surface area contributed by atoms with Crippen molar-refractivity contribution in [1.82, 2.24) is 4.90 Å². The number of amides is 2. The highest BCUT2D eigenvalue weighted by atomic mass is 35.5. The lowest BCUT2D eigenvalue weighted by molar-refractivity contribution is -0.384. The Balaban J connectivity index is 1.50. The molecular formula is C21H13ClN2O5S. The van der Waals surface area contributed by atoms with Crippen LogP contribution in [0.3, 0.4) is 0 Å². The molecule has 2 amide bonds. The maximum absolute atomic E-state index is 12.7. The number of hydrogen-bond donors (Lipinski definition) is 0. The monoisotopic (exact) mass is 440 g/mol. The second-order valence-corrected chi connectivity index (χ2v) is 7.83. The fraction of sp³-hybridized carbons (Fsp3) is 0.0476. The number of benzene rings is 2. The van der Waals surface area contributed by atoms with Crippen molar-refractivity contribution >= 4 is 46.3 Å². The van der Waals surface area contributed by atoms with Gasteiger partial charge in [-0.3, -0.25) is 24.6 Å². The molecule has 1 saturated heterocycles. The predicted octanol–water partition coefficient (Wildman–Crippen LogP) is 5.74. The first-order valence-corrected chi connectivity index (χ1v) is 9.94. The van der Waals surface area contributed by atoms with E-state index in [1.807, 2.05) is 12.1 Å². The number of carbonyl (C=O) groups excluding carboxylic acids is 2. The standard InChI is InChI=1S/C21H13ClN2O5S/c22-15-5-3-14(4-6-15)18-10-9-17(29-18)11-19-20(25)23(21(26)30-19)12-13-1-7-16(8-2-13)24(27)28/h1-11H,12H2/b19-11-. The summed E-state index contributed by atoms with van der Waals surface area (Å²) in [5.74, 6) is 0.622. The number of nitro groups is 1. The number of hydrogen-bond acceptors (Lipinski definition) is 6. The predicted molar refractivity (Wildman–Crippen MR) is 114 cm³/mol. The fourth-order valence-corrected chi connectivity index (χ4v) is 3.82. The number of nitro benzene ring substituents is 1. The molecule has 0 unspecified atom stereocenters. The van der Waals surface area contributed by atoms with E-state index in [0.717, 1.165) is 22.2 Å². The molecule has 0 atom stereocenters. The van der Waals surface area contributed by atoms with Gasteiger partial charge in [0.15, 0.2) is 0 Å². The van der Waals surface area contributed by atoms with Gasteiger partial charge in [0.05, 0.1) is 16.4 Å². The molecule has 150 valence electrons. The summed E-state index contributed by atoms with van der Waals surface area (Å²) < 4.78 is 5.77. The van der Waals surface area contributed by atoms with Gasteiger partial charge in [0.25, 0.3) is 16.8 Å². The minimum Gasteiger partial charge on any atom is -0.457 e. The largest absolute Gasteiger partial charge is 0.457 e. The zero-order chi connectivity index (χ0) is 21.3. The Bertz CT molecular complexity index is 1170. The SMILES string of the molecule is O=C1S/C(=C\c2ccc(-c3ccc(Cl)cc3)o2)C(=O)N1Cc1ccc([N+](=O)[O-])cc1. The van der Waals surface area contributed by atoms with Crippen molar-refractivity contribution in [2.24, 2.45) is 0 Å². The fourth-order valence-electron chi connectivity index (χ4n) is 2.87. The van der Waals surface area contributed by atoms with Crippen LogP contribution in [0.5, 0.6) is 0 Å². The molecule has 1 aromatic heterocycles. The Labute approximate surface area is 180 Å². The smallest absolute Gasteiger partial charge is 0.293 e. The Morgan fingerprint density at radius 3 is 2.40 bits per heavy atom. The number of nitrogens with zero attached hydrogens (tertiary/aromatic N) is 2. The Kier molecular flexibility index (Phi) is 5.43. The van der Waals surface area contributed by atoms with Crippen molar-refractivity contribution in [3.63, 3.8) is 0 Å². The van der Waals surface area contributed by atoms with Crippen LogP contribution in [-0.4, -0.2) is 21.0 Å². The van der Waals surface area contributed by atoms with Crippen molar-refractivity contribution in [3.05, 3.63) is 92.0 Å². The highest BCUT2D eigenvalue weighted by molar-refractivity contribution is 8.18. The molecule has 0 radical (unpaired) electrons. The second-order valence-electron chi connectivity index (χ2n) is 6.40. The minimum atomic E-state index is -0.506. The number of thioether (sulfide) groups is 1. The summed E-state index contributed by atoms with van der Waals surface area (Å²) in [5, 5.41) is 11.0. The van der Waals surface area contributed by atoms with Crippen molar-refractivity contribution < 1.29 is 18.9 Å². The number of carbonyl (C=O) groups is 2. The normalized spacial score (nSPS) is 15.2. The second kappa shape index (κ2) is 8.17. The van der Waals surface area contributed by atoms with Crippen LogP contribution >= 0.6 is 23.4 Å². The molecule has 9 heteroatoms. The lowest BCUT2D eigenvalue weighted by atomic mass is 10.2. The van der Waals surface area contributed by atoms with Crippen LogP contribution in [-0.2, 0) is 11.3 Å². The van der Waals surface area contributed by atoms with Crippen molar-refractivity contribution in [1.29, 1.82) is 0 Å². The molecule has 0 aliphatic carbocycles. The lowest BCUT2D eigenvalue weighted by Gasteiger charge is -2.12. The van der Waals surface area contributed by atoms with Crippen LogP contribution in [0.15, 0.2) is 70.0 Å². The first-order chi connectivity index (χ1) is 14.4. The third-order valence-corrected chi connectivity index (χ3v) is 5.55. The summed E-state index contributed by atoms with van der Waals surface area (Å²) in [6.45, 7) is 0.0359. The van der Waals surface area contributed by atoms with Gasteiger partial charge >= 0.3 is 0 Å². The molecule has 2 aromatic carbocycles. The van der Waals surface area contributed by atoms with E-state index in [2.05, 4.69) is 0 Å². The van der Waals surface area contributed by atoms with Crippen LogP contribution in [0, 0.1) is 10.1 Å². The van der Waals surface area contributed by atoms with Gasteiger partial charge in [-0.15, -0.1) is 0 Å². The molecule has 1 aliphatic rings. The summed E-state index contributed by atoms with van der Waals surface area (Å²) in [6, 6.07) is 16.4. The number of furan rings is 1. The molecule has 0 spiro atoms. The van der Waals surface area contributed by atoms with E-state index in [1.165, 1.54) is 30.3 Å². The molecule has 4 rings (SSSR count). The van der Waals surface area contributed by atoms with Crippen LogP contribution in [0.25, 0.3) is 17.4 Å². The van der Waals surface area contributed by atoms with Crippen molar-refractivity contribution in [2.75, 3.05) is 0 Å². The summed E-state index contributed by atoms with van der Waals surface area (Å²) >= 11 is 6.72. The van der Waals surface area contributed by atoms with Crippen LogP contribution in [0.2, 0.25) is 5.02 Å². The molecule has 1 aliphatic heterocycles. The molecule has 1 fully saturated rings. The van der Waals surface area contributed by atoms with Gasteiger partial charge < -0.3 is 4.42 Å². The minimum absolute atomic E-state index is 0.0359. The first-order valence-electron chi connectivity index (χ1n) is 8.75. The zero-order valence-electron chi connectivity index (χ0n) is 15.3. The maximum atomic E-state index is 12.7. The summed E-state index contributed by atoms with van der Waals surface area (Å²) in [6.07, 6.45) is 1.53. The lowest BCUT2D eigenvalue weighted by Crippen LogP contribution is -2.27. The van der Waals surface area contributed by atoms with Gasteiger partial charge in [0.1, 0.15) is 11.5 Å². The van der Waals surface area contributed by atoms with Gasteiger partial charge in [-0.25, -0.2) is 0 Å². The topological polar surface area (TPSA) is 93.7 Å². The Morgan fingerprint density at radius 2 is 1.73 bits per heavy atom. The molecule has 30 heavy (non-hydrogen) atoms. The quantitative estimate of drug-likeness (QED) is 0.285. The highest BCUT2D eigenvalue weighted by Crippen LogP contribution is 2.34. The molecule has 2 heterocycles. The third kappa shape index (κ3) is 4.14. The summed E-state index contributed by atoms with van der Waals surface area (Å²) in [5.41, 5.74) is 1.40. The maximum Gasteiger partial charge on any atom is 0.293 e. The van der Waals surface area contributed by atoms with Crippen LogP contribution in [0.4, 0.5) is 10.5 Å². The Morgan fingerprint density at radius 1 is 1.03 bits per heavy atom. The molecule has 0 saturated carbocycles. The van der Waals surface area contributed by atoms with Gasteiger partial charge in [-0.2, -0.15) is 0 Å². The van der Waals surface area contributed by atoms with E-state index >= 15 is 0 Å². The van der Waals surface area contributed by atoms with Crippen LogP contribution in [0.1, 0.15) is 11.3 Å². The highest BCUT2D eigenvalue weighted by Gasteiger charge is 2.35. The molecule has 0 bridgehead atoms. The van der Waals surface area contributed by atoms with Gasteiger partial charge in [0, 0.05) is 28.8 Å². The van der Waals surface area contributed by atoms with Gasteiger partial charge in [0.2, 0.25) is 0 Å². The molecular weight excluding hydrogens is 428 g/mol. The number of halogens is 1. The van der Waals surface area contributed by atoms with E-state index in [4.69, 9.17) is 16.0 Å². The number of non-ortho nitro benzene ring substituents is 1. The molecule has 0 N–H and O–H groups in total. The summed E-state index contributed by atoms with van der Waals surface area (Å²) in [7, 11) is 0. The van der Waals surface area contributed by atoms with Gasteiger partial charge in [-0.05, 0) is 53.7 Å². The summed E-state index contributed by atoms with van der Waals surface area (Å²) in [4.78, 5) is 36.6. The average Bonchev–Trinajstić information content (AvgIpc) is 3.29. The van der Waals surface area contributed by atoms with Crippen molar-refractivity contribution in [2.45, 2.75) is 6.54 Å². The first kappa shape index (κ1) is 19.9. The zero-order valence-corrected chi connectivity index (χ0v) is 16.9. The number of rotatable bonds is 5. The third-order valence-electron chi connectivity index (χ3n) is 4.39. The van der Waals surface area contributed by atoms with Crippen molar-refractivity contribution in [3.8, 4) is 11.3 Å². The molecule has 7 nitrogen and oxygen atoms in total. The van der Waals surface area contributed by atoms with Gasteiger partial charge in [-0.1, -0.05) is 23.7 Å². The van der Waals surface area contributed by atoms with E-state index in [1.54, 1.807) is 24.3 Å². The van der Waals surface area contributed by atoms with E-state index in [-0.39, 0.29) is 17.1 Å². The van der Waals surface area contributed by atoms with E-state index < -0.39 is 16.1 Å².